The molecule has 0 fully saturated rings. The van der Waals surface area contributed by atoms with Crippen LogP contribution in [0.2, 0.25) is 5.02 Å². The first-order valence-corrected chi connectivity index (χ1v) is 7.90. The highest BCUT2D eigenvalue weighted by atomic mass is 79.9. The minimum Gasteiger partial charge on any atom is -0.305 e. The van der Waals surface area contributed by atoms with Crippen LogP contribution in [0.25, 0.3) is 0 Å². The number of hydrogen-bond donors (Lipinski definition) is 1. The third-order valence-electron chi connectivity index (χ3n) is 3.01. The summed E-state index contributed by atoms with van der Waals surface area (Å²) in [6.45, 7) is 5.93. The smallest absolute Gasteiger partial charge is 0.0802 e. The summed E-state index contributed by atoms with van der Waals surface area (Å²) in [6.07, 6.45) is 2.84. The summed E-state index contributed by atoms with van der Waals surface area (Å²) in [5, 5.41) is 12.4. The molecule has 0 radical (unpaired) electrons. The molecular formula is C14H18BrClN4. The Hall–Kier alpha value is -0.910. The molecule has 20 heavy (non-hydrogen) atoms. The molecule has 0 amide bonds. The van der Waals surface area contributed by atoms with E-state index in [4.69, 9.17) is 11.6 Å². The molecule has 0 saturated carbocycles. The molecule has 1 heterocycles. The van der Waals surface area contributed by atoms with Crippen LogP contribution in [0.4, 0.5) is 0 Å². The minimum absolute atomic E-state index is 0.0385. The van der Waals surface area contributed by atoms with Crippen molar-refractivity contribution in [3.05, 3.63) is 45.1 Å². The van der Waals surface area contributed by atoms with E-state index in [1.807, 2.05) is 23.0 Å². The molecule has 2 aromatic rings. The summed E-state index contributed by atoms with van der Waals surface area (Å²) < 4.78 is 2.92. The molecule has 108 valence electrons. The van der Waals surface area contributed by atoms with Gasteiger partial charge < -0.3 is 5.32 Å². The van der Waals surface area contributed by atoms with Crippen LogP contribution in [-0.4, -0.2) is 21.5 Å². The molecule has 4 nitrogen and oxygen atoms in total. The summed E-state index contributed by atoms with van der Waals surface area (Å²) in [5.74, 6) is 0. The van der Waals surface area contributed by atoms with Gasteiger partial charge in [0.1, 0.15) is 0 Å². The third kappa shape index (κ3) is 3.59. The van der Waals surface area contributed by atoms with Crippen LogP contribution in [0.1, 0.15) is 37.6 Å². The molecule has 1 atom stereocenters. The number of nitrogens with one attached hydrogen (secondary N) is 1. The van der Waals surface area contributed by atoms with Gasteiger partial charge in [0.2, 0.25) is 0 Å². The molecule has 0 aliphatic rings. The average molecular weight is 358 g/mol. The molecule has 1 N–H and O–H groups in total. The third-order valence-corrected chi connectivity index (χ3v) is 3.68. The maximum atomic E-state index is 6.16. The van der Waals surface area contributed by atoms with Crippen molar-refractivity contribution in [1.29, 1.82) is 0 Å². The van der Waals surface area contributed by atoms with Crippen molar-refractivity contribution in [2.24, 2.45) is 0 Å². The fourth-order valence-electron chi connectivity index (χ4n) is 2.21. The van der Waals surface area contributed by atoms with Gasteiger partial charge in [-0.1, -0.05) is 46.6 Å². The Kier molecular flexibility index (Phi) is 5.57. The fourth-order valence-corrected chi connectivity index (χ4v) is 3.10. The molecule has 2 rings (SSSR count). The van der Waals surface area contributed by atoms with Gasteiger partial charge in [-0.05, 0) is 36.7 Å². The molecule has 6 heteroatoms. The number of aromatic nitrogens is 3. The minimum atomic E-state index is 0.0385. The maximum Gasteiger partial charge on any atom is 0.0802 e. The van der Waals surface area contributed by atoms with Gasteiger partial charge in [-0.2, -0.15) is 0 Å². The van der Waals surface area contributed by atoms with Crippen LogP contribution in [0.15, 0.2) is 28.9 Å². The first-order chi connectivity index (χ1) is 9.65. The Morgan fingerprint density at radius 1 is 1.35 bits per heavy atom. The van der Waals surface area contributed by atoms with E-state index in [9.17, 15) is 0 Å². The molecule has 0 saturated heterocycles. The van der Waals surface area contributed by atoms with Crippen molar-refractivity contribution >= 4 is 27.5 Å². The summed E-state index contributed by atoms with van der Waals surface area (Å²) >= 11 is 9.66. The second-order valence-electron chi connectivity index (χ2n) is 4.58. The lowest BCUT2D eigenvalue weighted by Gasteiger charge is -2.19. The van der Waals surface area contributed by atoms with E-state index in [0.717, 1.165) is 35.2 Å². The van der Waals surface area contributed by atoms with E-state index < -0.39 is 0 Å². The average Bonchev–Trinajstić information content (AvgIpc) is 2.83. The number of halogens is 2. The van der Waals surface area contributed by atoms with Crippen LogP contribution in [0.5, 0.6) is 0 Å². The Morgan fingerprint density at radius 2 is 2.15 bits per heavy atom. The number of rotatable bonds is 6. The Bertz CT molecular complexity index is 550. The normalized spacial score (nSPS) is 12.6. The molecule has 0 aliphatic heterocycles. The zero-order chi connectivity index (χ0) is 14.5. The van der Waals surface area contributed by atoms with Crippen LogP contribution in [-0.2, 0) is 6.54 Å². The molecule has 1 unspecified atom stereocenters. The quantitative estimate of drug-likeness (QED) is 0.855. The number of nitrogens with zero attached hydrogens (tertiary/aromatic N) is 3. The van der Waals surface area contributed by atoms with Gasteiger partial charge in [-0.15, -0.1) is 5.10 Å². The highest BCUT2D eigenvalue weighted by molar-refractivity contribution is 9.10. The first-order valence-electron chi connectivity index (χ1n) is 6.73. The highest BCUT2D eigenvalue weighted by Crippen LogP contribution is 2.27. The van der Waals surface area contributed by atoms with Crippen molar-refractivity contribution in [2.75, 3.05) is 6.54 Å². The van der Waals surface area contributed by atoms with Crippen molar-refractivity contribution in [2.45, 2.75) is 32.9 Å². The van der Waals surface area contributed by atoms with Crippen LogP contribution in [0.3, 0.4) is 0 Å². The highest BCUT2D eigenvalue weighted by Gasteiger charge is 2.19. The first kappa shape index (κ1) is 15.5. The predicted octanol–water partition coefficient (Wildman–Crippen LogP) is 3.80. The van der Waals surface area contributed by atoms with Gasteiger partial charge in [0.15, 0.2) is 0 Å². The van der Waals surface area contributed by atoms with E-state index in [-0.39, 0.29) is 6.04 Å². The van der Waals surface area contributed by atoms with Crippen molar-refractivity contribution in [3.63, 3.8) is 0 Å². The molecule has 0 bridgehead atoms. The number of benzene rings is 1. The Morgan fingerprint density at radius 3 is 2.80 bits per heavy atom. The van der Waals surface area contributed by atoms with E-state index in [0.29, 0.717) is 5.02 Å². The van der Waals surface area contributed by atoms with E-state index in [1.54, 1.807) is 0 Å². The van der Waals surface area contributed by atoms with E-state index in [2.05, 4.69) is 51.5 Å². The fraction of sp³-hybridized carbons (Fsp3) is 0.429. The molecule has 1 aromatic heterocycles. The van der Waals surface area contributed by atoms with Crippen LogP contribution >= 0.6 is 27.5 Å². The summed E-state index contributed by atoms with van der Waals surface area (Å²) in [5.41, 5.74) is 2.16. The van der Waals surface area contributed by atoms with Crippen LogP contribution in [0, 0.1) is 0 Å². The van der Waals surface area contributed by atoms with Crippen LogP contribution < -0.4 is 5.32 Å². The standard InChI is InChI=1S/C14H18BrClN4/c1-3-5-20-13(9-18-19-20)14(17-4-2)10-6-11(15)8-12(16)7-10/h6-9,14,17H,3-5H2,1-2H3. The second kappa shape index (κ2) is 7.20. The molecule has 1 aromatic carbocycles. The Balaban J connectivity index is 2.41. The monoisotopic (exact) mass is 356 g/mol. The van der Waals surface area contributed by atoms with Gasteiger partial charge in [0.25, 0.3) is 0 Å². The van der Waals surface area contributed by atoms with Gasteiger partial charge in [-0.3, -0.25) is 0 Å². The molecule has 0 spiro atoms. The van der Waals surface area contributed by atoms with Crippen molar-refractivity contribution in [3.8, 4) is 0 Å². The number of aryl methyl sites for hydroxylation is 1. The Labute approximate surface area is 132 Å². The van der Waals surface area contributed by atoms with E-state index >= 15 is 0 Å². The largest absolute Gasteiger partial charge is 0.305 e. The lowest BCUT2D eigenvalue weighted by Crippen LogP contribution is -2.25. The van der Waals surface area contributed by atoms with Crippen molar-refractivity contribution in [1.82, 2.24) is 20.3 Å². The van der Waals surface area contributed by atoms with Gasteiger partial charge in [0, 0.05) is 16.0 Å². The zero-order valence-electron chi connectivity index (χ0n) is 11.6. The number of hydrogen-bond acceptors (Lipinski definition) is 3. The molecule has 0 aliphatic carbocycles. The van der Waals surface area contributed by atoms with Crippen molar-refractivity contribution < 1.29 is 0 Å². The summed E-state index contributed by atoms with van der Waals surface area (Å²) in [6, 6.07) is 5.97. The van der Waals surface area contributed by atoms with Gasteiger partial charge in [-0.25, -0.2) is 4.68 Å². The lowest BCUT2D eigenvalue weighted by molar-refractivity contribution is 0.511. The predicted molar refractivity (Wildman–Crippen MR) is 85.0 cm³/mol. The SMILES string of the molecule is CCCn1nncc1C(NCC)c1cc(Cl)cc(Br)c1. The topological polar surface area (TPSA) is 42.7 Å². The summed E-state index contributed by atoms with van der Waals surface area (Å²) in [4.78, 5) is 0. The maximum absolute atomic E-state index is 6.16. The van der Waals surface area contributed by atoms with Gasteiger partial charge >= 0.3 is 0 Å². The molecular weight excluding hydrogens is 340 g/mol. The second-order valence-corrected chi connectivity index (χ2v) is 5.93. The summed E-state index contributed by atoms with van der Waals surface area (Å²) in [7, 11) is 0. The van der Waals surface area contributed by atoms with E-state index in [1.165, 1.54) is 0 Å². The van der Waals surface area contributed by atoms with Gasteiger partial charge in [0.05, 0.1) is 17.9 Å². The lowest BCUT2D eigenvalue weighted by atomic mass is 10.0. The zero-order valence-corrected chi connectivity index (χ0v) is 13.9.